The Kier molecular flexibility index (Phi) is 10.6. The quantitative estimate of drug-likeness (QED) is 0.133. The molecule has 2 aliphatic heterocycles. The number of halogens is 1. The maximum absolute atomic E-state index is 14.3. The molecule has 0 radical (unpaired) electrons. The molecule has 0 aliphatic carbocycles. The zero-order valence-corrected chi connectivity index (χ0v) is 29.2. The minimum Gasteiger partial charge on any atom is -0.464 e. The zero-order chi connectivity index (χ0) is 35.4. The lowest BCUT2D eigenvalue weighted by atomic mass is 9.92. The first-order valence-electron chi connectivity index (χ1n) is 16.7. The van der Waals surface area contributed by atoms with Gasteiger partial charge in [0.1, 0.15) is 11.6 Å². The van der Waals surface area contributed by atoms with Crippen molar-refractivity contribution in [3.8, 4) is 5.75 Å². The molecule has 13 heteroatoms. The van der Waals surface area contributed by atoms with Gasteiger partial charge in [-0.05, 0) is 67.8 Å². The van der Waals surface area contributed by atoms with E-state index in [1.807, 2.05) is 19.1 Å². The molecule has 1 saturated heterocycles. The van der Waals surface area contributed by atoms with Gasteiger partial charge in [0.2, 0.25) is 0 Å². The number of nitrogens with zero attached hydrogens (tertiary/aromatic N) is 4. The number of aromatic nitrogens is 1. The highest BCUT2D eigenvalue weighted by molar-refractivity contribution is 7.54. The number of esters is 1. The highest BCUT2D eigenvalue weighted by Crippen LogP contribution is 2.49. The number of carbonyl (C=O) groups is 3. The number of piperazine rings is 1. The van der Waals surface area contributed by atoms with Gasteiger partial charge >= 0.3 is 13.6 Å². The molecule has 4 aromatic rings. The SMILES string of the molecule is CCOC(=O)[C@H](C)OP(=O)(CCN1CCN(C(=O)c2c3c(c(C)c4ncccc24)C(=O)N(Cc2ccc(F)cc2)C3)CC1)Oc1ccccc1. The first kappa shape index (κ1) is 35.2. The molecule has 2 amide bonds. The van der Waals surface area contributed by atoms with Gasteiger partial charge in [-0.2, -0.15) is 0 Å². The second-order valence-corrected chi connectivity index (χ2v) is 14.5. The number of hydrogen-bond acceptors (Lipinski definition) is 9. The van der Waals surface area contributed by atoms with E-state index in [2.05, 4.69) is 9.88 Å². The fraction of sp³-hybridized carbons (Fsp3) is 0.351. The fourth-order valence-corrected chi connectivity index (χ4v) is 8.27. The van der Waals surface area contributed by atoms with Gasteiger partial charge < -0.3 is 19.1 Å². The van der Waals surface area contributed by atoms with Gasteiger partial charge in [0.05, 0.1) is 29.4 Å². The van der Waals surface area contributed by atoms with E-state index in [4.69, 9.17) is 13.8 Å². The Hall–Kier alpha value is -4.64. The van der Waals surface area contributed by atoms with E-state index in [9.17, 15) is 23.3 Å². The van der Waals surface area contributed by atoms with Crippen molar-refractivity contribution in [2.24, 2.45) is 0 Å². The summed E-state index contributed by atoms with van der Waals surface area (Å²) in [5.41, 5.74) is 3.76. The van der Waals surface area contributed by atoms with Crippen LogP contribution < -0.4 is 4.52 Å². The monoisotopic (exact) mass is 702 g/mol. The van der Waals surface area contributed by atoms with E-state index in [0.717, 1.165) is 11.1 Å². The molecule has 1 unspecified atom stereocenters. The molecule has 0 N–H and O–H groups in total. The van der Waals surface area contributed by atoms with Gasteiger partial charge in [0.15, 0.2) is 6.10 Å². The number of hydrogen-bond donors (Lipinski definition) is 0. The highest BCUT2D eigenvalue weighted by Gasteiger charge is 2.38. The van der Waals surface area contributed by atoms with Crippen molar-refractivity contribution in [1.29, 1.82) is 0 Å². The molecular weight excluding hydrogens is 662 g/mol. The molecule has 1 aromatic heterocycles. The lowest BCUT2D eigenvalue weighted by Gasteiger charge is -2.35. The predicted octanol–water partition coefficient (Wildman–Crippen LogP) is 5.84. The molecule has 0 bridgehead atoms. The number of benzene rings is 3. The van der Waals surface area contributed by atoms with Crippen LogP contribution in [0.5, 0.6) is 5.75 Å². The summed E-state index contributed by atoms with van der Waals surface area (Å²) in [6.07, 6.45) is 0.591. The Morgan fingerprint density at radius 2 is 1.72 bits per heavy atom. The van der Waals surface area contributed by atoms with E-state index in [-0.39, 0.29) is 43.5 Å². The minimum absolute atomic E-state index is 0.0212. The molecule has 0 spiro atoms. The van der Waals surface area contributed by atoms with E-state index < -0.39 is 19.7 Å². The van der Waals surface area contributed by atoms with E-state index in [1.165, 1.54) is 19.1 Å². The molecule has 2 atom stereocenters. The molecule has 1 fully saturated rings. The largest absolute Gasteiger partial charge is 0.464 e. The lowest BCUT2D eigenvalue weighted by molar-refractivity contribution is -0.150. The fourth-order valence-electron chi connectivity index (χ4n) is 6.49. The topological polar surface area (TPSA) is 119 Å². The van der Waals surface area contributed by atoms with Gasteiger partial charge in [0, 0.05) is 57.4 Å². The minimum atomic E-state index is -3.79. The number of ether oxygens (including phenoxy) is 1. The van der Waals surface area contributed by atoms with Gasteiger partial charge in [-0.25, -0.2) is 13.8 Å². The van der Waals surface area contributed by atoms with Crippen LogP contribution >= 0.6 is 7.60 Å². The third-order valence-corrected chi connectivity index (χ3v) is 10.9. The van der Waals surface area contributed by atoms with Gasteiger partial charge in [0.25, 0.3) is 11.8 Å². The average Bonchev–Trinajstić information content (AvgIpc) is 3.44. The van der Waals surface area contributed by atoms with Crippen LogP contribution in [0.15, 0.2) is 72.9 Å². The molecule has 3 heterocycles. The molecule has 3 aromatic carbocycles. The van der Waals surface area contributed by atoms with Crippen LogP contribution in [0.2, 0.25) is 0 Å². The normalized spacial score (nSPS) is 16.6. The molecular formula is C37H40FN4O7P. The summed E-state index contributed by atoms with van der Waals surface area (Å²) in [7, 11) is -3.79. The van der Waals surface area contributed by atoms with Crippen LogP contribution in [-0.2, 0) is 31.7 Å². The second-order valence-electron chi connectivity index (χ2n) is 12.4. The summed E-state index contributed by atoms with van der Waals surface area (Å²) in [5.74, 6) is -0.973. The Morgan fingerprint density at radius 3 is 2.42 bits per heavy atom. The van der Waals surface area contributed by atoms with Crippen molar-refractivity contribution in [1.82, 2.24) is 19.7 Å². The van der Waals surface area contributed by atoms with Crippen LogP contribution in [0.3, 0.4) is 0 Å². The maximum atomic E-state index is 14.3. The van der Waals surface area contributed by atoms with Crippen molar-refractivity contribution in [2.45, 2.75) is 40.0 Å². The number of fused-ring (bicyclic) bond motifs is 2. The third-order valence-electron chi connectivity index (χ3n) is 9.04. The van der Waals surface area contributed by atoms with Crippen LogP contribution in [-0.4, -0.2) is 89.1 Å². The van der Waals surface area contributed by atoms with Crippen LogP contribution in [0.4, 0.5) is 4.39 Å². The number of carbonyl (C=O) groups excluding carboxylic acids is 3. The number of aryl methyl sites for hydroxylation is 1. The summed E-state index contributed by atoms with van der Waals surface area (Å²) < 4.78 is 44.1. The third kappa shape index (κ3) is 7.57. The number of para-hydroxylation sites is 1. The van der Waals surface area contributed by atoms with E-state index >= 15 is 0 Å². The van der Waals surface area contributed by atoms with Gasteiger partial charge in [-0.15, -0.1) is 0 Å². The Morgan fingerprint density at radius 1 is 1.00 bits per heavy atom. The Bertz CT molecular complexity index is 1930. The average molecular weight is 703 g/mol. The van der Waals surface area contributed by atoms with Crippen molar-refractivity contribution in [3.63, 3.8) is 0 Å². The first-order chi connectivity index (χ1) is 24.1. The maximum Gasteiger partial charge on any atom is 0.381 e. The predicted molar refractivity (Wildman–Crippen MR) is 186 cm³/mol. The van der Waals surface area contributed by atoms with Crippen molar-refractivity contribution < 1.29 is 37.1 Å². The first-order valence-corrected chi connectivity index (χ1v) is 18.4. The summed E-state index contributed by atoms with van der Waals surface area (Å²) in [5, 5.41) is 0.694. The Balaban J connectivity index is 1.17. The lowest BCUT2D eigenvalue weighted by Crippen LogP contribution is -2.49. The van der Waals surface area contributed by atoms with Crippen LogP contribution in [0.1, 0.15) is 51.3 Å². The molecule has 6 rings (SSSR count). The summed E-state index contributed by atoms with van der Waals surface area (Å²) >= 11 is 0. The zero-order valence-electron chi connectivity index (χ0n) is 28.3. The smallest absolute Gasteiger partial charge is 0.381 e. The summed E-state index contributed by atoms with van der Waals surface area (Å²) in [6.45, 7) is 7.89. The van der Waals surface area contributed by atoms with E-state index in [0.29, 0.717) is 66.1 Å². The van der Waals surface area contributed by atoms with Crippen LogP contribution in [0, 0.1) is 12.7 Å². The van der Waals surface area contributed by atoms with E-state index in [1.54, 1.807) is 65.4 Å². The molecule has 0 saturated carbocycles. The molecule has 2 aliphatic rings. The summed E-state index contributed by atoms with van der Waals surface area (Å²) in [4.78, 5) is 50.5. The number of pyridine rings is 1. The van der Waals surface area contributed by atoms with Crippen LogP contribution in [0.25, 0.3) is 10.9 Å². The highest BCUT2D eigenvalue weighted by atomic mass is 31.2. The second kappa shape index (κ2) is 15.1. The van der Waals surface area contributed by atoms with Gasteiger partial charge in [-0.1, -0.05) is 36.4 Å². The van der Waals surface area contributed by atoms with Crippen molar-refractivity contribution in [3.05, 3.63) is 107 Å². The molecule has 262 valence electrons. The number of amides is 2. The summed E-state index contributed by atoms with van der Waals surface area (Å²) in [6, 6.07) is 18.4. The standard InChI is InChI=1S/C37H40FN4O7P/c1-4-47-37(45)26(3)48-50(46,49-29-9-6-5-7-10-29)22-21-40-17-19-41(20-18-40)36(44)33-30-11-8-16-39-34(30)25(2)32-31(33)24-42(35(32)43)23-27-12-14-28(38)15-13-27/h5-16,26H,4,17-24H2,1-3H3/t26-,50?/m0/s1. The number of rotatable bonds is 12. The van der Waals surface area contributed by atoms with Crippen molar-refractivity contribution in [2.75, 3.05) is 45.5 Å². The molecule has 50 heavy (non-hydrogen) atoms. The Labute approximate surface area is 290 Å². The van der Waals surface area contributed by atoms with Crippen molar-refractivity contribution >= 4 is 36.3 Å². The molecule has 11 nitrogen and oxygen atoms in total. The van der Waals surface area contributed by atoms with Gasteiger partial charge in [-0.3, -0.25) is 24.0 Å².